The second-order valence-corrected chi connectivity index (χ2v) is 8.35. The van der Waals surface area contributed by atoms with Gasteiger partial charge in [-0.3, -0.25) is 0 Å². The lowest BCUT2D eigenvalue weighted by molar-refractivity contribution is 0.262. The van der Waals surface area contributed by atoms with Crippen molar-refractivity contribution in [1.29, 1.82) is 0 Å². The third-order valence-electron chi connectivity index (χ3n) is 3.64. The summed E-state index contributed by atoms with van der Waals surface area (Å²) >= 11 is 9.46. The van der Waals surface area contributed by atoms with Gasteiger partial charge in [-0.1, -0.05) is 34.5 Å². The molecule has 0 atom stereocenters. The van der Waals surface area contributed by atoms with Crippen LogP contribution in [0.2, 0.25) is 5.02 Å². The summed E-state index contributed by atoms with van der Waals surface area (Å²) in [6.07, 6.45) is 2.47. The first kappa shape index (κ1) is 20.2. The molecule has 0 bridgehead atoms. The number of piperidine rings is 1. The van der Waals surface area contributed by atoms with Gasteiger partial charge < -0.3 is 5.32 Å². The normalized spacial score (nSPS) is 16.5. The molecule has 1 saturated heterocycles. The number of benzene rings is 1. The molecule has 2 rings (SSSR count). The number of nitrogens with zero attached hydrogens (tertiary/aromatic N) is 1. The molecule has 1 N–H and O–H groups in total. The second-order valence-electron chi connectivity index (χ2n) is 5.17. The van der Waals surface area contributed by atoms with Crippen LogP contribution in [0.5, 0.6) is 0 Å². The van der Waals surface area contributed by atoms with E-state index in [0.29, 0.717) is 6.54 Å². The number of halogens is 3. The lowest BCUT2D eigenvalue weighted by Crippen LogP contribution is -2.46. The third kappa shape index (κ3) is 4.58. The lowest BCUT2D eigenvalue weighted by atomic mass is 10.1. The monoisotopic (exact) mass is 430 g/mol. The Morgan fingerprint density at radius 3 is 2.55 bits per heavy atom. The standard InChI is InChI=1S/C14H20BrClN2O2S.ClH/c1-2-9-18(12-5-7-17-8-6-12)21(19,20)14-4-3-11(15)10-13(14)16;/h3-4,10,12,17H,2,5-9H2,1H3;1H. The van der Waals surface area contributed by atoms with Gasteiger partial charge in [-0.05, 0) is 50.6 Å². The number of hydrogen-bond acceptors (Lipinski definition) is 3. The van der Waals surface area contributed by atoms with E-state index in [1.165, 1.54) is 0 Å². The van der Waals surface area contributed by atoms with Crippen LogP contribution in [0, 0.1) is 0 Å². The van der Waals surface area contributed by atoms with Crippen molar-refractivity contribution >= 4 is 50.0 Å². The van der Waals surface area contributed by atoms with Gasteiger partial charge in [0.1, 0.15) is 4.90 Å². The fourth-order valence-electron chi connectivity index (χ4n) is 2.62. The summed E-state index contributed by atoms with van der Waals surface area (Å²) in [4.78, 5) is 0.194. The highest BCUT2D eigenvalue weighted by molar-refractivity contribution is 9.10. The molecule has 1 aromatic carbocycles. The van der Waals surface area contributed by atoms with Crippen LogP contribution in [0.3, 0.4) is 0 Å². The third-order valence-corrected chi connectivity index (χ3v) is 6.57. The zero-order valence-electron chi connectivity index (χ0n) is 12.4. The highest BCUT2D eigenvalue weighted by Crippen LogP contribution is 2.30. The van der Waals surface area contributed by atoms with Crippen LogP contribution in [-0.4, -0.2) is 38.4 Å². The van der Waals surface area contributed by atoms with Crippen molar-refractivity contribution in [3.05, 3.63) is 27.7 Å². The zero-order valence-corrected chi connectivity index (χ0v) is 16.4. The minimum Gasteiger partial charge on any atom is -0.317 e. The highest BCUT2D eigenvalue weighted by Gasteiger charge is 2.32. The summed E-state index contributed by atoms with van der Waals surface area (Å²) < 4.78 is 28.3. The molecule has 0 saturated carbocycles. The molecule has 1 aromatic rings. The Balaban J connectivity index is 0.00000242. The van der Waals surface area contributed by atoms with Gasteiger partial charge >= 0.3 is 0 Å². The maximum atomic E-state index is 13.0. The largest absolute Gasteiger partial charge is 0.317 e. The number of sulfonamides is 1. The molecule has 0 amide bonds. The van der Waals surface area contributed by atoms with Crippen LogP contribution >= 0.6 is 39.9 Å². The van der Waals surface area contributed by atoms with Gasteiger partial charge in [0, 0.05) is 17.1 Å². The van der Waals surface area contributed by atoms with E-state index in [9.17, 15) is 8.42 Å². The average Bonchev–Trinajstić information content (AvgIpc) is 2.45. The highest BCUT2D eigenvalue weighted by atomic mass is 79.9. The Hall–Kier alpha value is 0.150. The van der Waals surface area contributed by atoms with Crippen molar-refractivity contribution in [2.24, 2.45) is 0 Å². The van der Waals surface area contributed by atoms with Crippen LogP contribution in [0.1, 0.15) is 26.2 Å². The van der Waals surface area contributed by atoms with Gasteiger partial charge in [-0.2, -0.15) is 4.31 Å². The Morgan fingerprint density at radius 1 is 1.36 bits per heavy atom. The van der Waals surface area contributed by atoms with Crippen LogP contribution in [0.4, 0.5) is 0 Å². The van der Waals surface area contributed by atoms with Crippen LogP contribution in [0.15, 0.2) is 27.6 Å². The minimum absolute atomic E-state index is 0. The van der Waals surface area contributed by atoms with Crippen molar-refractivity contribution in [2.45, 2.75) is 37.1 Å². The van der Waals surface area contributed by atoms with Crippen molar-refractivity contribution in [3.63, 3.8) is 0 Å². The summed E-state index contributed by atoms with van der Waals surface area (Å²) in [5.74, 6) is 0. The first-order valence-electron chi connectivity index (χ1n) is 7.14. The van der Waals surface area contributed by atoms with Gasteiger partial charge in [-0.15, -0.1) is 12.4 Å². The molecule has 1 fully saturated rings. The Labute approximate surface area is 152 Å². The van der Waals surface area contributed by atoms with Gasteiger partial charge in [-0.25, -0.2) is 8.42 Å². The number of rotatable bonds is 5. The van der Waals surface area contributed by atoms with Crippen LogP contribution in [-0.2, 0) is 10.0 Å². The fourth-order valence-corrected chi connectivity index (χ4v) is 5.41. The Kier molecular flexibility index (Phi) is 8.12. The molecule has 0 unspecified atom stereocenters. The maximum Gasteiger partial charge on any atom is 0.244 e. The quantitative estimate of drug-likeness (QED) is 0.773. The second kappa shape index (κ2) is 8.85. The average molecular weight is 432 g/mol. The molecule has 1 aliphatic rings. The topological polar surface area (TPSA) is 49.4 Å². The Morgan fingerprint density at radius 2 is 2.00 bits per heavy atom. The molecule has 22 heavy (non-hydrogen) atoms. The molecule has 0 radical (unpaired) electrons. The van der Waals surface area contributed by atoms with E-state index >= 15 is 0 Å². The van der Waals surface area contributed by atoms with Crippen molar-refractivity contribution in [2.75, 3.05) is 19.6 Å². The molecular formula is C14H21BrCl2N2O2S. The van der Waals surface area contributed by atoms with Gasteiger partial charge in [0.2, 0.25) is 10.0 Å². The van der Waals surface area contributed by atoms with Gasteiger partial charge in [0.25, 0.3) is 0 Å². The van der Waals surface area contributed by atoms with E-state index < -0.39 is 10.0 Å². The fraction of sp³-hybridized carbons (Fsp3) is 0.571. The Bertz CT molecular complexity index is 593. The van der Waals surface area contributed by atoms with Crippen molar-refractivity contribution in [1.82, 2.24) is 9.62 Å². The first-order valence-corrected chi connectivity index (χ1v) is 9.75. The SMILES string of the molecule is CCCN(C1CCNCC1)S(=O)(=O)c1ccc(Br)cc1Cl.Cl. The van der Waals surface area contributed by atoms with E-state index in [1.54, 1.807) is 22.5 Å². The summed E-state index contributed by atoms with van der Waals surface area (Å²) in [6, 6.07) is 4.97. The zero-order chi connectivity index (χ0) is 15.5. The van der Waals surface area contributed by atoms with E-state index in [1.807, 2.05) is 6.92 Å². The first-order chi connectivity index (χ1) is 9.96. The lowest BCUT2D eigenvalue weighted by Gasteiger charge is -2.33. The smallest absolute Gasteiger partial charge is 0.244 e. The number of hydrogen-bond donors (Lipinski definition) is 1. The molecule has 8 heteroatoms. The molecule has 126 valence electrons. The molecule has 1 heterocycles. The van der Waals surface area contributed by atoms with Crippen molar-refractivity contribution < 1.29 is 8.42 Å². The number of nitrogens with one attached hydrogen (secondary N) is 1. The van der Waals surface area contributed by atoms with E-state index in [4.69, 9.17) is 11.6 Å². The van der Waals surface area contributed by atoms with E-state index in [-0.39, 0.29) is 28.4 Å². The molecule has 1 aliphatic heterocycles. The minimum atomic E-state index is -3.56. The van der Waals surface area contributed by atoms with Crippen molar-refractivity contribution in [3.8, 4) is 0 Å². The van der Waals surface area contributed by atoms with Gasteiger partial charge in [0.05, 0.1) is 5.02 Å². The predicted octanol–water partition coefficient (Wildman–Crippen LogP) is 3.68. The molecule has 4 nitrogen and oxygen atoms in total. The molecule has 0 aliphatic carbocycles. The van der Waals surface area contributed by atoms with Crippen LogP contribution in [0.25, 0.3) is 0 Å². The summed E-state index contributed by atoms with van der Waals surface area (Å²) in [6.45, 7) is 4.23. The summed E-state index contributed by atoms with van der Waals surface area (Å²) in [5.41, 5.74) is 0. The predicted molar refractivity (Wildman–Crippen MR) is 96.5 cm³/mol. The van der Waals surface area contributed by atoms with Crippen LogP contribution < -0.4 is 5.32 Å². The molecule has 0 aromatic heterocycles. The summed E-state index contributed by atoms with van der Waals surface area (Å²) in [5, 5.41) is 3.53. The molecular weight excluding hydrogens is 411 g/mol. The summed E-state index contributed by atoms with van der Waals surface area (Å²) in [7, 11) is -3.56. The molecule has 0 spiro atoms. The maximum absolute atomic E-state index is 13.0. The van der Waals surface area contributed by atoms with E-state index in [2.05, 4.69) is 21.2 Å². The van der Waals surface area contributed by atoms with E-state index in [0.717, 1.165) is 36.8 Å². The van der Waals surface area contributed by atoms with Gasteiger partial charge in [0.15, 0.2) is 0 Å².